The first-order chi connectivity index (χ1) is 8.33. The third-order valence-electron chi connectivity index (χ3n) is 2.28. The minimum atomic E-state index is -0.196. The molecule has 0 unspecified atom stereocenters. The largest absolute Gasteiger partial charge is 0.311 e. The van der Waals surface area contributed by atoms with Crippen molar-refractivity contribution < 1.29 is 0 Å². The molecule has 0 atom stereocenters. The van der Waals surface area contributed by atoms with E-state index >= 15 is 0 Å². The van der Waals surface area contributed by atoms with Gasteiger partial charge in [-0.2, -0.15) is 10.2 Å². The standard InChI is InChI=1S/C14H28N4.2ClH/c1-7-9-15-11-13(3,4)17-18-14(5,6)12-16-10-8-2;;/h7-8,15-16H,1-2,9-12H2,3-6H3;2*1H. The molecule has 0 fully saturated rings. The molecule has 0 bridgehead atoms. The van der Waals surface area contributed by atoms with Gasteiger partial charge in [0, 0.05) is 26.2 Å². The van der Waals surface area contributed by atoms with Crippen molar-refractivity contribution in [2.75, 3.05) is 26.2 Å². The van der Waals surface area contributed by atoms with Crippen LogP contribution in [0.25, 0.3) is 0 Å². The van der Waals surface area contributed by atoms with Gasteiger partial charge >= 0.3 is 0 Å². The van der Waals surface area contributed by atoms with Gasteiger partial charge in [0.05, 0.1) is 11.1 Å². The normalized spacial score (nSPS) is 11.6. The van der Waals surface area contributed by atoms with Crippen molar-refractivity contribution in [3.05, 3.63) is 25.3 Å². The molecule has 0 aromatic rings. The Morgan fingerprint density at radius 2 is 1.10 bits per heavy atom. The van der Waals surface area contributed by atoms with E-state index in [1.165, 1.54) is 0 Å². The molecule has 0 radical (unpaired) electrons. The van der Waals surface area contributed by atoms with Crippen molar-refractivity contribution in [2.45, 2.75) is 38.8 Å². The molecule has 0 rings (SSSR count). The van der Waals surface area contributed by atoms with Crippen LogP contribution in [0.3, 0.4) is 0 Å². The van der Waals surface area contributed by atoms with Gasteiger partial charge in [-0.05, 0) is 27.7 Å². The van der Waals surface area contributed by atoms with E-state index in [1.807, 2.05) is 12.2 Å². The average molecular weight is 325 g/mol. The first kappa shape index (κ1) is 24.6. The average Bonchev–Trinajstić information content (AvgIpc) is 2.27. The van der Waals surface area contributed by atoms with Crippen molar-refractivity contribution >= 4 is 24.8 Å². The highest BCUT2D eigenvalue weighted by Crippen LogP contribution is 2.14. The predicted molar refractivity (Wildman–Crippen MR) is 93.6 cm³/mol. The Bertz CT molecular complexity index is 261. The maximum atomic E-state index is 4.44. The number of nitrogens with zero attached hydrogens (tertiary/aromatic N) is 2. The molecule has 2 N–H and O–H groups in total. The van der Waals surface area contributed by atoms with E-state index < -0.39 is 0 Å². The minimum Gasteiger partial charge on any atom is -0.311 e. The van der Waals surface area contributed by atoms with Crippen LogP contribution in [-0.4, -0.2) is 37.3 Å². The summed E-state index contributed by atoms with van der Waals surface area (Å²) in [6.45, 7) is 18.8. The molecule has 0 spiro atoms. The van der Waals surface area contributed by atoms with E-state index in [-0.39, 0.29) is 35.9 Å². The van der Waals surface area contributed by atoms with Gasteiger partial charge in [0.2, 0.25) is 0 Å². The van der Waals surface area contributed by atoms with Crippen LogP contribution in [0.1, 0.15) is 27.7 Å². The molecule has 0 aromatic heterocycles. The summed E-state index contributed by atoms with van der Waals surface area (Å²) < 4.78 is 0. The number of azo groups is 1. The summed E-state index contributed by atoms with van der Waals surface area (Å²) >= 11 is 0. The highest BCUT2D eigenvalue weighted by molar-refractivity contribution is 5.85. The first-order valence-corrected chi connectivity index (χ1v) is 6.40. The van der Waals surface area contributed by atoms with Crippen LogP contribution in [-0.2, 0) is 0 Å². The summed E-state index contributed by atoms with van der Waals surface area (Å²) in [6.07, 6.45) is 3.69. The van der Waals surface area contributed by atoms with Gasteiger partial charge in [0.15, 0.2) is 0 Å². The number of hydrogen-bond acceptors (Lipinski definition) is 4. The highest BCUT2D eigenvalue weighted by atomic mass is 35.5. The fourth-order valence-electron chi connectivity index (χ4n) is 1.30. The Morgan fingerprint density at radius 1 is 0.800 bits per heavy atom. The molecular weight excluding hydrogens is 295 g/mol. The van der Waals surface area contributed by atoms with Gasteiger partial charge in [0.25, 0.3) is 0 Å². The zero-order valence-electron chi connectivity index (χ0n) is 13.1. The van der Waals surface area contributed by atoms with E-state index in [1.54, 1.807) is 0 Å². The molecule has 0 aliphatic rings. The Labute approximate surface area is 136 Å². The van der Waals surface area contributed by atoms with Crippen molar-refractivity contribution in [3.63, 3.8) is 0 Å². The lowest BCUT2D eigenvalue weighted by Crippen LogP contribution is -2.36. The van der Waals surface area contributed by atoms with Gasteiger partial charge in [-0.25, -0.2) is 0 Å². The lowest BCUT2D eigenvalue weighted by molar-refractivity contribution is 0.396. The van der Waals surface area contributed by atoms with E-state index in [2.05, 4.69) is 61.7 Å². The Hall–Kier alpha value is -0.420. The minimum absolute atomic E-state index is 0. The lowest BCUT2D eigenvalue weighted by Gasteiger charge is -2.23. The summed E-state index contributed by atoms with van der Waals surface area (Å²) in [7, 11) is 0. The fraction of sp³-hybridized carbons (Fsp3) is 0.714. The van der Waals surface area contributed by atoms with Gasteiger partial charge in [-0.3, -0.25) is 0 Å². The molecular formula is C14H30Cl2N4. The number of halogens is 2. The topological polar surface area (TPSA) is 48.8 Å². The Kier molecular flexibility index (Phi) is 15.2. The second-order valence-corrected chi connectivity index (χ2v) is 5.66. The lowest BCUT2D eigenvalue weighted by atomic mass is 10.1. The third-order valence-corrected chi connectivity index (χ3v) is 2.28. The van der Waals surface area contributed by atoms with Crippen molar-refractivity contribution in [1.29, 1.82) is 0 Å². The second kappa shape index (κ2) is 12.3. The van der Waals surface area contributed by atoms with Crippen LogP contribution in [0.4, 0.5) is 0 Å². The van der Waals surface area contributed by atoms with E-state index in [0.717, 1.165) is 26.2 Å². The maximum Gasteiger partial charge on any atom is 0.0883 e. The van der Waals surface area contributed by atoms with Gasteiger partial charge < -0.3 is 10.6 Å². The Morgan fingerprint density at radius 3 is 1.35 bits per heavy atom. The summed E-state index contributed by atoms with van der Waals surface area (Å²) in [5.74, 6) is 0. The van der Waals surface area contributed by atoms with Gasteiger partial charge in [-0.1, -0.05) is 12.2 Å². The first-order valence-electron chi connectivity index (χ1n) is 6.40. The number of hydrogen-bond donors (Lipinski definition) is 2. The van der Waals surface area contributed by atoms with Crippen LogP contribution in [0.15, 0.2) is 35.5 Å². The van der Waals surface area contributed by atoms with Gasteiger partial charge in [-0.15, -0.1) is 38.0 Å². The summed E-state index contributed by atoms with van der Waals surface area (Å²) in [4.78, 5) is 0. The summed E-state index contributed by atoms with van der Waals surface area (Å²) in [5.41, 5.74) is -0.391. The van der Waals surface area contributed by atoms with Crippen molar-refractivity contribution in [3.8, 4) is 0 Å². The summed E-state index contributed by atoms with van der Waals surface area (Å²) in [6, 6.07) is 0. The second-order valence-electron chi connectivity index (χ2n) is 5.66. The van der Waals surface area contributed by atoms with E-state index in [0.29, 0.717) is 0 Å². The predicted octanol–water partition coefficient (Wildman–Crippen LogP) is 3.39. The van der Waals surface area contributed by atoms with E-state index in [9.17, 15) is 0 Å². The number of rotatable bonds is 10. The zero-order chi connectivity index (χ0) is 14.1. The quantitative estimate of drug-likeness (QED) is 0.367. The molecule has 0 amide bonds. The smallest absolute Gasteiger partial charge is 0.0883 e. The third kappa shape index (κ3) is 14.0. The monoisotopic (exact) mass is 324 g/mol. The van der Waals surface area contributed by atoms with Crippen LogP contribution >= 0.6 is 24.8 Å². The van der Waals surface area contributed by atoms with Gasteiger partial charge in [0.1, 0.15) is 0 Å². The molecule has 0 aliphatic heterocycles. The molecule has 4 nitrogen and oxygen atoms in total. The Balaban J connectivity index is -0.00000144. The van der Waals surface area contributed by atoms with Crippen molar-refractivity contribution in [2.24, 2.45) is 10.2 Å². The van der Waals surface area contributed by atoms with Crippen LogP contribution in [0.5, 0.6) is 0 Å². The SMILES string of the molecule is C=CCNCC(C)(C)N=NC(C)(C)CNCC=C.Cl.Cl. The molecule has 0 saturated heterocycles. The van der Waals surface area contributed by atoms with E-state index in [4.69, 9.17) is 0 Å². The fourth-order valence-corrected chi connectivity index (χ4v) is 1.30. The molecule has 0 heterocycles. The molecule has 120 valence electrons. The highest BCUT2D eigenvalue weighted by Gasteiger charge is 2.20. The van der Waals surface area contributed by atoms with Crippen LogP contribution in [0.2, 0.25) is 0 Å². The van der Waals surface area contributed by atoms with Crippen molar-refractivity contribution in [1.82, 2.24) is 10.6 Å². The molecule has 0 aromatic carbocycles. The molecule has 6 heteroatoms. The number of nitrogens with one attached hydrogen (secondary N) is 2. The molecule has 0 saturated carbocycles. The summed E-state index contributed by atoms with van der Waals surface area (Å²) in [5, 5.41) is 15.4. The molecule has 20 heavy (non-hydrogen) atoms. The molecule has 0 aliphatic carbocycles. The maximum absolute atomic E-state index is 4.44. The zero-order valence-corrected chi connectivity index (χ0v) is 14.7. The van der Waals surface area contributed by atoms with Crippen LogP contribution < -0.4 is 10.6 Å². The van der Waals surface area contributed by atoms with Crippen LogP contribution in [0, 0.1) is 0 Å².